The monoisotopic (exact) mass is 423 g/mol. The Bertz CT molecular complexity index is 907. The summed E-state index contributed by atoms with van der Waals surface area (Å²) >= 11 is 0. The summed E-state index contributed by atoms with van der Waals surface area (Å²) in [5.74, 6) is -0.409. The van der Waals surface area contributed by atoms with Crippen LogP contribution in [-0.4, -0.2) is 73.2 Å². The maximum absolute atomic E-state index is 13.0. The SMILES string of the molecule is COC(=O)c1ccc(N2CCCC2)c(NC(=O)N2CCN(Cc3ccncc3)CC2)c1. The van der Waals surface area contributed by atoms with E-state index in [1.807, 2.05) is 23.1 Å². The van der Waals surface area contributed by atoms with E-state index in [1.54, 1.807) is 24.5 Å². The number of rotatable bonds is 5. The molecule has 2 aliphatic heterocycles. The van der Waals surface area contributed by atoms with E-state index >= 15 is 0 Å². The minimum absolute atomic E-state index is 0.133. The third-order valence-corrected chi connectivity index (χ3v) is 5.92. The second-order valence-electron chi connectivity index (χ2n) is 7.97. The maximum Gasteiger partial charge on any atom is 0.337 e. The molecule has 2 saturated heterocycles. The Morgan fingerprint density at radius 3 is 2.39 bits per heavy atom. The van der Waals surface area contributed by atoms with Gasteiger partial charge in [-0.3, -0.25) is 9.88 Å². The molecule has 0 spiro atoms. The lowest BCUT2D eigenvalue weighted by atomic mass is 10.1. The zero-order chi connectivity index (χ0) is 21.6. The van der Waals surface area contributed by atoms with Crippen LogP contribution in [0.1, 0.15) is 28.8 Å². The second kappa shape index (κ2) is 9.78. The summed E-state index contributed by atoms with van der Waals surface area (Å²) in [6, 6.07) is 9.29. The van der Waals surface area contributed by atoms with Crippen LogP contribution >= 0.6 is 0 Å². The number of aromatic nitrogens is 1. The number of urea groups is 1. The topological polar surface area (TPSA) is 78.0 Å². The van der Waals surface area contributed by atoms with Crippen LogP contribution in [0.2, 0.25) is 0 Å². The summed E-state index contributed by atoms with van der Waals surface area (Å²) in [5.41, 5.74) is 3.27. The number of anilines is 2. The number of benzene rings is 1. The molecule has 0 aliphatic carbocycles. The first kappa shape index (κ1) is 21.1. The van der Waals surface area contributed by atoms with E-state index in [0.717, 1.165) is 51.3 Å². The van der Waals surface area contributed by atoms with Gasteiger partial charge in [0.1, 0.15) is 0 Å². The van der Waals surface area contributed by atoms with Gasteiger partial charge in [-0.05, 0) is 48.7 Å². The fourth-order valence-corrected chi connectivity index (χ4v) is 4.16. The Hall–Kier alpha value is -3.13. The zero-order valence-corrected chi connectivity index (χ0v) is 17.9. The molecule has 3 heterocycles. The Labute approximate surface area is 182 Å². The smallest absolute Gasteiger partial charge is 0.337 e. The number of pyridine rings is 1. The molecule has 2 fully saturated rings. The van der Waals surface area contributed by atoms with Crippen LogP contribution in [0.5, 0.6) is 0 Å². The van der Waals surface area contributed by atoms with E-state index in [0.29, 0.717) is 24.3 Å². The molecular formula is C23H29N5O3. The molecule has 0 atom stereocenters. The largest absolute Gasteiger partial charge is 0.465 e. The lowest BCUT2D eigenvalue weighted by molar-refractivity contribution is 0.0600. The molecule has 2 aromatic rings. The van der Waals surface area contributed by atoms with Crippen LogP contribution < -0.4 is 10.2 Å². The summed E-state index contributed by atoms with van der Waals surface area (Å²) in [5, 5.41) is 3.05. The van der Waals surface area contributed by atoms with Gasteiger partial charge in [-0.2, -0.15) is 0 Å². The fraction of sp³-hybridized carbons (Fsp3) is 0.435. The van der Waals surface area contributed by atoms with Gasteiger partial charge in [0, 0.05) is 58.2 Å². The number of methoxy groups -OCH3 is 1. The number of esters is 1. The van der Waals surface area contributed by atoms with Crippen molar-refractivity contribution in [3.8, 4) is 0 Å². The highest BCUT2D eigenvalue weighted by Crippen LogP contribution is 2.30. The highest BCUT2D eigenvalue weighted by Gasteiger charge is 2.24. The van der Waals surface area contributed by atoms with Gasteiger partial charge in [-0.25, -0.2) is 9.59 Å². The number of amides is 2. The van der Waals surface area contributed by atoms with Crippen molar-refractivity contribution in [2.45, 2.75) is 19.4 Å². The molecule has 31 heavy (non-hydrogen) atoms. The Morgan fingerprint density at radius 2 is 1.71 bits per heavy atom. The van der Waals surface area contributed by atoms with Crippen LogP contribution in [0.3, 0.4) is 0 Å². The Kier molecular flexibility index (Phi) is 6.66. The van der Waals surface area contributed by atoms with Crippen molar-refractivity contribution >= 4 is 23.4 Å². The number of hydrogen-bond donors (Lipinski definition) is 1. The molecule has 1 N–H and O–H groups in total. The van der Waals surface area contributed by atoms with E-state index in [-0.39, 0.29) is 6.03 Å². The van der Waals surface area contributed by atoms with Gasteiger partial charge in [-0.1, -0.05) is 0 Å². The zero-order valence-electron chi connectivity index (χ0n) is 17.9. The van der Waals surface area contributed by atoms with Crippen LogP contribution in [0, 0.1) is 0 Å². The first-order chi connectivity index (χ1) is 15.1. The minimum atomic E-state index is -0.409. The van der Waals surface area contributed by atoms with Crippen molar-refractivity contribution < 1.29 is 14.3 Å². The summed E-state index contributed by atoms with van der Waals surface area (Å²) in [6.45, 7) is 5.72. The fourth-order valence-electron chi connectivity index (χ4n) is 4.16. The van der Waals surface area contributed by atoms with E-state index in [9.17, 15) is 9.59 Å². The van der Waals surface area contributed by atoms with E-state index in [1.165, 1.54) is 12.7 Å². The Balaban J connectivity index is 1.41. The van der Waals surface area contributed by atoms with Gasteiger partial charge in [0.05, 0.1) is 24.0 Å². The summed E-state index contributed by atoms with van der Waals surface area (Å²) in [6.07, 6.45) is 5.87. The highest BCUT2D eigenvalue weighted by molar-refractivity contribution is 5.97. The molecule has 4 rings (SSSR count). The molecule has 164 valence electrons. The molecule has 2 aliphatic rings. The third-order valence-electron chi connectivity index (χ3n) is 5.92. The van der Waals surface area contributed by atoms with Gasteiger partial charge < -0.3 is 19.9 Å². The van der Waals surface area contributed by atoms with Crippen molar-refractivity contribution in [2.24, 2.45) is 0 Å². The lowest BCUT2D eigenvalue weighted by Gasteiger charge is -2.35. The molecule has 0 radical (unpaired) electrons. The third kappa shape index (κ3) is 5.14. The van der Waals surface area contributed by atoms with Crippen LogP contribution in [-0.2, 0) is 11.3 Å². The van der Waals surface area contributed by atoms with Crippen molar-refractivity contribution in [3.63, 3.8) is 0 Å². The quantitative estimate of drug-likeness (QED) is 0.745. The van der Waals surface area contributed by atoms with Gasteiger partial charge in [0.25, 0.3) is 0 Å². The van der Waals surface area contributed by atoms with Crippen molar-refractivity contribution in [3.05, 3.63) is 53.9 Å². The number of hydrogen-bond acceptors (Lipinski definition) is 6. The molecule has 1 aromatic carbocycles. The first-order valence-corrected chi connectivity index (χ1v) is 10.8. The van der Waals surface area contributed by atoms with Crippen LogP contribution in [0.15, 0.2) is 42.7 Å². The summed E-state index contributed by atoms with van der Waals surface area (Å²) in [7, 11) is 1.36. The summed E-state index contributed by atoms with van der Waals surface area (Å²) < 4.78 is 4.85. The predicted octanol–water partition coefficient (Wildman–Crippen LogP) is 2.82. The molecule has 0 saturated carbocycles. The number of ether oxygens (including phenoxy) is 1. The average molecular weight is 424 g/mol. The molecule has 1 aromatic heterocycles. The number of carbonyl (C=O) groups is 2. The molecular weight excluding hydrogens is 394 g/mol. The number of carbonyl (C=O) groups excluding carboxylic acids is 2. The van der Waals surface area contributed by atoms with E-state index < -0.39 is 5.97 Å². The molecule has 0 bridgehead atoms. The van der Waals surface area contributed by atoms with Gasteiger partial charge in [0.15, 0.2) is 0 Å². The van der Waals surface area contributed by atoms with Gasteiger partial charge in [-0.15, -0.1) is 0 Å². The second-order valence-corrected chi connectivity index (χ2v) is 7.97. The number of piperazine rings is 1. The van der Waals surface area contributed by atoms with E-state index in [2.05, 4.69) is 20.1 Å². The van der Waals surface area contributed by atoms with Crippen molar-refractivity contribution in [1.29, 1.82) is 0 Å². The van der Waals surface area contributed by atoms with E-state index in [4.69, 9.17) is 4.74 Å². The average Bonchev–Trinajstić information content (AvgIpc) is 3.34. The van der Waals surface area contributed by atoms with Gasteiger partial charge in [0.2, 0.25) is 0 Å². The lowest BCUT2D eigenvalue weighted by Crippen LogP contribution is -2.49. The van der Waals surface area contributed by atoms with Gasteiger partial charge >= 0.3 is 12.0 Å². The predicted molar refractivity (Wildman–Crippen MR) is 119 cm³/mol. The molecule has 8 nitrogen and oxygen atoms in total. The standard InChI is InChI=1S/C23H29N5O3/c1-31-22(29)19-4-5-21(27-10-2-3-11-27)20(16-19)25-23(30)28-14-12-26(13-15-28)17-18-6-8-24-9-7-18/h4-9,16H,2-3,10-15,17H2,1H3,(H,25,30). The number of nitrogens with zero attached hydrogens (tertiary/aromatic N) is 4. The first-order valence-electron chi connectivity index (χ1n) is 10.8. The highest BCUT2D eigenvalue weighted by atomic mass is 16.5. The molecule has 0 unspecified atom stereocenters. The molecule has 2 amide bonds. The van der Waals surface area contributed by atoms with Crippen molar-refractivity contribution in [1.82, 2.24) is 14.8 Å². The number of nitrogens with one attached hydrogen (secondary N) is 1. The maximum atomic E-state index is 13.0. The van der Waals surface area contributed by atoms with Crippen molar-refractivity contribution in [2.75, 3.05) is 56.6 Å². The van der Waals surface area contributed by atoms with Crippen LogP contribution in [0.4, 0.5) is 16.2 Å². The van der Waals surface area contributed by atoms with Crippen LogP contribution in [0.25, 0.3) is 0 Å². The normalized spacial score (nSPS) is 16.9. The Morgan fingerprint density at radius 1 is 1.00 bits per heavy atom. The molecule has 8 heteroatoms. The minimum Gasteiger partial charge on any atom is -0.465 e. The summed E-state index contributed by atoms with van der Waals surface area (Å²) in [4.78, 5) is 35.5.